The fourth-order valence-electron chi connectivity index (χ4n) is 2.39. The van der Waals surface area contributed by atoms with Crippen molar-refractivity contribution in [2.45, 2.75) is 31.7 Å². The van der Waals surface area contributed by atoms with Crippen LogP contribution in [0.5, 0.6) is 0 Å². The second kappa shape index (κ2) is 8.45. The highest BCUT2D eigenvalue weighted by Crippen LogP contribution is 2.13. The van der Waals surface area contributed by atoms with Crippen LogP contribution in [-0.2, 0) is 9.53 Å². The molecule has 106 valence electrons. The van der Waals surface area contributed by atoms with Gasteiger partial charge in [0, 0.05) is 26.8 Å². The van der Waals surface area contributed by atoms with Gasteiger partial charge in [-0.3, -0.25) is 4.79 Å². The summed E-state index contributed by atoms with van der Waals surface area (Å²) >= 11 is 0. The minimum absolute atomic E-state index is 0.0284. The van der Waals surface area contributed by atoms with E-state index in [-0.39, 0.29) is 5.91 Å². The molecule has 0 aromatic rings. The van der Waals surface area contributed by atoms with Crippen molar-refractivity contribution in [2.24, 2.45) is 11.7 Å². The van der Waals surface area contributed by atoms with Crippen molar-refractivity contribution in [1.82, 2.24) is 10.2 Å². The van der Waals surface area contributed by atoms with E-state index in [2.05, 4.69) is 17.3 Å². The zero-order valence-corrected chi connectivity index (χ0v) is 11.7. The van der Waals surface area contributed by atoms with Crippen LogP contribution in [0.1, 0.15) is 25.7 Å². The van der Waals surface area contributed by atoms with Gasteiger partial charge >= 0.3 is 0 Å². The topological polar surface area (TPSA) is 67.6 Å². The van der Waals surface area contributed by atoms with E-state index >= 15 is 0 Å². The van der Waals surface area contributed by atoms with Crippen LogP contribution < -0.4 is 11.1 Å². The number of rotatable bonds is 7. The normalized spacial score (nSPS) is 22.7. The largest absolute Gasteiger partial charge is 0.385 e. The maximum absolute atomic E-state index is 11.8. The second-order valence-electron chi connectivity index (χ2n) is 5.26. The molecule has 0 saturated carbocycles. The van der Waals surface area contributed by atoms with Crippen molar-refractivity contribution in [3.8, 4) is 0 Å². The van der Waals surface area contributed by atoms with Crippen molar-refractivity contribution >= 4 is 5.91 Å². The Kier molecular flexibility index (Phi) is 7.23. The molecular formula is C13H27N3O2. The van der Waals surface area contributed by atoms with Crippen molar-refractivity contribution < 1.29 is 9.53 Å². The Bertz CT molecular complexity index is 248. The van der Waals surface area contributed by atoms with Gasteiger partial charge < -0.3 is 20.7 Å². The molecule has 1 aliphatic heterocycles. The summed E-state index contributed by atoms with van der Waals surface area (Å²) in [5.74, 6) is 0.540. The molecule has 1 fully saturated rings. The number of ether oxygens (including phenoxy) is 1. The maximum Gasteiger partial charge on any atom is 0.236 e. The first kappa shape index (κ1) is 15.4. The van der Waals surface area contributed by atoms with Crippen molar-refractivity contribution in [3.05, 3.63) is 0 Å². The summed E-state index contributed by atoms with van der Waals surface area (Å²) < 4.78 is 4.95. The molecule has 1 rings (SSSR count). The number of nitrogens with zero attached hydrogens (tertiary/aromatic N) is 1. The highest BCUT2D eigenvalue weighted by Gasteiger charge is 2.19. The Morgan fingerprint density at radius 2 is 2.39 bits per heavy atom. The Hall–Kier alpha value is -0.650. The Morgan fingerprint density at radius 1 is 1.61 bits per heavy atom. The molecule has 1 heterocycles. The van der Waals surface area contributed by atoms with E-state index in [4.69, 9.17) is 10.5 Å². The Balaban J connectivity index is 2.15. The van der Waals surface area contributed by atoms with Crippen LogP contribution in [0.3, 0.4) is 0 Å². The quantitative estimate of drug-likeness (QED) is 0.639. The standard InChI is InChI=1S/C13H27N3O2/c1-16-7-3-5-11(10-16)9-15-13(17)12(14)6-4-8-18-2/h11-12H,3-10,14H2,1-2H3,(H,15,17). The highest BCUT2D eigenvalue weighted by atomic mass is 16.5. The fourth-order valence-corrected chi connectivity index (χ4v) is 2.39. The zero-order valence-electron chi connectivity index (χ0n) is 11.7. The highest BCUT2D eigenvalue weighted by molar-refractivity contribution is 5.81. The molecular weight excluding hydrogens is 230 g/mol. The van der Waals surface area contributed by atoms with Gasteiger partial charge in [-0.25, -0.2) is 0 Å². The lowest BCUT2D eigenvalue weighted by Crippen LogP contribution is -2.45. The van der Waals surface area contributed by atoms with Gasteiger partial charge in [0.1, 0.15) is 0 Å². The van der Waals surface area contributed by atoms with E-state index in [1.165, 1.54) is 19.4 Å². The molecule has 0 spiro atoms. The summed E-state index contributed by atoms with van der Waals surface area (Å²) in [7, 11) is 3.79. The molecule has 2 atom stereocenters. The molecule has 0 aromatic heterocycles. The molecule has 0 aliphatic carbocycles. The lowest BCUT2D eigenvalue weighted by Gasteiger charge is -2.30. The van der Waals surface area contributed by atoms with Gasteiger partial charge in [0.05, 0.1) is 6.04 Å². The number of likely N-dealkylation sites (tertiary alicyclic amines) is 1. The third-order valence-corrected chi connectivity index (χ3v) is 3.49. The molecule has 3 N–H and O–H groups in total. The number of hydrogen-bond donors (Lipinski definition) is 2. The number of methoxy groups -OCH3 is 1. The van der Waals surface area contributed by atoms with Gasteiger partial charge in [-0.05, 0) is 45.2 Å². The van der Waals surface area contributed by atoms with Crippen LogP contribution in [0.25, 0.3) is 0 Å². The molecule has 0 aromatic carbocycles. The first-order valence-corrected chi connectivity index (χ1v) is 6.84. The van der Waals surface area contributed by atoms with Gasteiger partial charge in [0.25, 0.3) is 0 Å². The molecule has 0 bridgehead atoms. The molecule has 1 amide bonds. The van der Waals surface area contributed by atoms with E-state index in [9.17, 15) is 4.79 Å². The van der Waals surface area contributed by atoms with E-state index < -0.39 is 6.04 Å². The van der Waals surface area contributed by atoms with Gasteiger partial charge in [0.2, 0.25) is 5.91 Å². The summed E-state index contributed by atoms with van der Waals surface area (Å²) in [5.41, 5.74) is 5.82. The summed E-state index contributed by atoms with van der Waals surface area (Å²) in [5, 5.41) is 2.97. The monoisotopic (exact) mass is 257 g/mol. The predicted octanol–water partition coefficient (Wildman–Crippen LogP) is 0.198. The lowest BCUT2D eigenvalue weighted by atomic mass is 9.98. The molecule has 1 aliphatic rings. The number of hydrogen-bond acceptors (Lipinski definition) is 4. The van der Waals surface area contributed by atoms with Crippen molar-refractivity contribution in [3.63, 3.8) is 0 Å². The molecule has 5 heteroatoms. The van der Waals surface area contributed by atoms with Gasteiger partial charge in [-0.15, -0.1) is 0 Å². The average Bonchev–Trinajstić information content (AvgIpc) is 2.36. The third kappa shape index (κ3) is 5.80. The minimum Gasteiger partial charge on any atom is -0.385 e. The molecule has 0 radical (unpaired) electrons. The van der Waals surface area contributed by atoms with Crippen LogP contribution in [0.15, 0.2) is 0 Å². The van der Waals surface area contributed by atoms with Crippen molar-refractivity contribution in [2.75, 3.05) is 40.4 Å². The van der Waals surface area contributed by atoms with Crippen LogP contribution >= 0.6 is 0 Å². The van der Waals surface area contributed by atoms with Gasteiger partial charge in [-0.1, -0.05) is 0 Å². The van der Waals surface area contributed by atoms with Crippen LogP contribution in [0.2, 0.25) is 0 Å². The summed E-state index contributed by atoms with van der Waals surface area (Å²) in [4.78, 5) is 14.1. The number of carbonyl (C=O) groups excluding carboxylic acids is 1. The third-order valence-electron chi connectivity index (χ3n) is 3.49. The first-order valence-electron chi connectivity index (χ1n) is 6.84. The van der Waals surface area contributed by atoms with Crippen molar-refractivity contribution in [1.29, 1.82) is 0 Å². The SMILES string of the molecule is COCCCC(N)C(=O)NCC1CCCN(C)C1. The van der Waals surface area contributed by atoms with E-state index in [1.807, 2.05) is 0 Å². The molecule has 1 saturated heterocycles. The molecule has 18 heavy (non-hydrogen) atoms. The lowest BCUT2D eigenvalue weighted by molar-refractivity contribution is -0.122. The number of piperidine rings is 1. The van der Waals surface area contributed by atoms with E-state index in [0.29, 0.717) is 18.9 Å². The number of carbonyl (C=O) groups is 1. The fraction of sp³-hybridized carbons (Fsp3) is 0.923. The second-order valence-corrected chi connectivity index (χ2v) is 5.26. The summed E-state index contributed by atoms with van der Waals surface area (Å²) in [6.07, 6.45) is 3.93. The molecule has 2 unspecified atom stereocenters. The van der Waals surface area contributed by atoms with Gasteiger partial charge in [-0.2, -0.15) is 0 Å². The smallest absolute Gasteiger partial charge is 0.236 e. The first-order chi connectivity index (χ1) is 8.63. The summed E-state index contributed by atoms with van der Waals surface area (Å²) in [6.45, 7) is 3.65. The van der Waals surface area contributed by atoms with Crippen LogP contribution in [0, 0.1) is 5.92 Å². The van der Waals surface area contributed by atoms with Crippen LogP contribution in [-0.4, -0.2) is 57.2 Å². The number of nitrogens with two attached hydrogens (primary N) is 1. The molecule has 5 nitrogen and oxygen atoms in total. The Labute approximate surface area is 110 Å². The Morgan fingerprint density at radius 3 is 3.06 bits per heavy atom. The minimum atomic E-state index is -0.401. The maximum atomic E-state index is 11.8. The van der Waals surface area contributed by atoms with E-state index in [1.54, 1.807) is 7.11 Å². The average molecular weight is 257 g/mol. The summed E-state index contributed by atoms with van der Waals surface area (Å²) in [6, 6.07) is -0.401. The van der Waals surface area contributed by atoms with Gasteiger partial charge in [0.15, 0.2) is 0 Å². The number of nitrogens with one attached hydrogen (secondary N) is 1. The number of amides is 1. The predicted molar refractivity (Wildman–Crippen MR) is 72.3 cm³/mol. The zero-order chi connectivity index (χ0) is 13.4. The van der Waals surface area contributed by atoms with E-state index in [0.717, 1.165) is 19.5 Å². The van der Waals surface area contributed by atoms with Crippen LogP contribution in [0.4, 0.5) is 0 Å².